The van der Waals surface area contributed by atoms with E-state index >= 15 is 0 Å². The molecule has 0 saturated carbocycles. The number of pyridine rings is 1. The maximum atomic E-state index is 11.7. The Morgan fingerprint density at radius 1 is 1.45 bits per heavy atom. The van der Waals surface area contributed by atoms with E-state index in [1.165, 1.54) is 0 Å². The number of nitrogens with two attached hydrogens (primary N) is 1. The van der Waals surface area contributed by atoms with Crippen molar-refractivity contribution in [1.82, 2.24) is 14.8 Å². The summed E-state index contributed by atoms with van der Waals surface area (Å²) in [6, 6.07) is 5.61. The second-order valence-electron chi connectivity index (χ2n) is 4.87. The molecule has 2 aromatic heterocycles. The monoisotopic (exact) mass is 273 g/mol. The number of rotatable bonds is 4. The molecule has 2 aromatic rings. The third-order valence-electron chi connectivity index (χ3n) is 3.04. The lowest BCUT2D eigenvalue weighted by Crippen LogP contribution is -2.26. The van der Waals surface area contributed by atoms with Gasteiger partial charge in [0.15, 0.2) is 5.82 Å². The Morgan fingerprint density at radius 2 is 2.20 bits per heavy atom. The molecule has 2 heterocycles. The minimum Gasteiger partial charge on any atom is -0.330 e. The minimum absolute atomic E-state index is 0.104. The Morgan fingerprint density at radius 3 is 2.70 bits per heavy atom. The average Bonchev–Trinajstić information content (AvgIpc) is 2.77. The number of hydrogen-bond acceptors (Lipinski definition) is 4. The molecule has 1 atom stereocenters. The van der Waals surface area contributed by atoms with Crippen molar-refractivity contribution in [2.75, 3.05) is 11.9 Å². The molecule has 0 aliphatic carbocycles. The minimum atomic E-state index is -0.217. The van der Waals surface area contributed by atoms with Crippen LogP contribution in [0.5, 0.6) is 0 Å². The van der Waals surface area contributed by atoms with E-state index in [9.17, 15) is 4.79 Å². The molecule has 3 N–H and O–H groups in total. The van der Waals surface area contributed by atoms with Gasteiger partial charge in [-0.05, 0) is 32.0 Å². The number of carbonyl (C=O) groups excluding carboxylic acids is 1. The highest BCUT2D eigenvalue weighted by Crippen LogP contribution is 2.13. The van der Waals surface area contributed by atoms with Crippen LogP contribution in [0.3, 0.4) is 0 Å². The van der Waals surface area contributed by atoms with E-state index in [1.807, 2.05) is 26.0 Å². The van der Waals surface area contributed by atoms with Crippen LogP contribution in [0, 0.1) is 19.8 Å². The molecule has 0 aromatic carbocycles. The van der Waals surface area contributed by atoms with Crippen molar-refractivity contribution < 1.29 is 4.79 Å². The van der Waals surface area contributed by atoms with Crippen molar-refractivity contribution in [3.05, 3.63) is 35.8 Å². The highest BCUT2D eigenvalue weighted by molar-refractivity contribution is 5.92. The van der Waals surface area contributed by atoms with Gasteiger partial charge in [-0.1, -0.05) is 6.92 Å². The van der Waals surface area contributed by atoms with E-state index in [-0.39, 0.29) is 11.8 Å². The van der Waals surface area contributed by atoms with Gasteiger partial charge in [0.2, 0.25) is 5.91 Å². The zero-order valence-corrected chi connectivity index (χ0v) is 11.9. The first-order valence-electron chi connectivity index (χ1n) is 6.52. The van der Waals surface area contributed by atoms with Crippen LogP contribution < -0.4 is 11.1 Å². The van der Waals surface area contributed by atoms with Crippen molar-refractivity contribution >= 4 is 11.6 Å². The van der Waals surface area contributed by atoms with Crippen LogP contribution in [0.4, 0.5) is 5.69 Å². The van der Waals surface area contributed by atoms with Crippen LogP contribution in [0.15, 0.2) is 24.4 Å². The number of carbonyl (C=O) groups is 1. The van der Waals surface area contributed by atoms with Gasteiger partial charge in [-0.3, -0.25) is 4.79 Å². The SMILES string of the molecule is Cc1cc(C)n(-c2ccc(NC(=O)C(C)CN)cn2)n1. The molecule has 0 spiro atoms. The topological polar surface area (TPSA) is 85.8 Å². The second kappa shape index (κ2) is 5.83. The van der Waals surface area contributed by atoms with E-state index < -0.39 is 0 Å². The molecule has 0 fully saturated rings. The molecule has 0 bridgehead atoms. The highest BCUT2D eigenvalue weighted by atomic mass is 16.1. The van der Waals surface area contributed by atoms with Crippen molar-refractivity contribution in [3.63, 3.8) is 0 Å². The normalized spacial score (nSPS) is 12.2. The van der Waals surface area contributed by atoms with Crippen molar-refractivity contribution in [1.29, 1.82) is 0 Å². The lowest BCUT2D eigenvalue weighted by Gasteiger charge is -2.10. The maximum Gasteiger partial charge on any atom is 0.228 e. The molecule has 0 radical (unpaired) electrons. The number of aromatic nitrogens is 3. The lowest BCUT2D eigenvalue weighted by molar-refractivity contribution is -0.119. The molecular weight excluding hydrogens is 254 g/mol. The third kappa shape index (κ3) is 3.03. The molecule has 20 heavy (non-hydrogen) atoms. The van der Waals surface area contributed by atoms with Gasteiger partial charge in [-0.15, -0.1) is 0 Å². The fourth-order valence-corrected chi connectivity index (χ4v) is 1.82. The summed E-state index contributed by atoms with van der Waals surface area (Å²) in [7, 11) is 0. The van der Waals surface area contributed by atoms with E-state index in [0.717, 1.165) is 17.2 Å². The summed E-state index contributed by atoms with van der Waals surface area (Å²) in [6.07, 6.45) is 1.62. The fraction of sp³-hybridized carbons (Fsp3) is 0.357. The predicted molar refractivity (Wildman–Crippen MR) is 77.7 cm³/mol. The van der Waals surface area contributed by atoms with Crippen LogP contribution >= 0.6 is 0 Å². The Hall–Kier alpha value is -2.21. The number of amides is 1. The Labute approximate surface area is 118 Å². The van der Waals surface area contributed by atoms with Crippen molar-refractivity contribution in [2.24, 2.45) is 11.7 Å². The van der Waals surface area contributed by atoms with E-state index in [2.05, 4.69) is 15.4 Å². The number of anilines is 1. The van der Waals surface area contributed by atoms with Crippen LogP contribution in [-0.4, -0.2) is 27.2 Å². The van der Waals surface area contributed by atoms with Crippen LogP contribution in [0.2, 0.25) is 0 Å². The van der Waals surface area contributed by atoms with Gasteiger partial charge < -0.3 is 11.1 Å². The first-order chi connectivity index (χ1) is 9.51. The number of nitrogens with one attached hydrogen (secondary N) is 1. The van der Waals surface area contributed by atoms with Crippen molar-refractivity contribution in [2.45, 2.75) is 20.8 Å². The summed E-state index contributed by atoms with van der Waals surface area (Å²) in [4.78, 5) is 16.0. The van der Waals surface area contributed by atoms with Gasteiger partial charge >= 0.3 is 0 Å². The molecule has 0 saturated heterocycles. The molecule has 1 unspecified atom stereocenters. The van der Waals surface area contributed by atoms with Gasteiger partial charge in [-0.25, -0.2) is 9.67 Å². The van der Waals surface area contributed by atoms with E-state index in [0.29, 0.717) is 12.2 Å². The summed E-state index contributed by atoms with van der Waals surface area (Å²) >= 11 is 0. The Bertz CT molecular complexity index is 603. The van der Waals surface area contributed by atoms with Crippen molar-refractivity contribution in [3.8, 4) is 5.82 Å². The molecule has 6 heteroatoms. The first-order valence-corrected chi connectivity index (χ1v) is 6.52. The summed E-state index contributed by atoms with van der Waals surface area (Å²) in [5.74, 6) is 0.402. The zero-order chi connectivity index (χ0) is 14.7. The number of nitrogens with zero attached hydrogens (tertiary/aromatic N) is 3. The smallest absolute Gasteiger partial charge is 0.228 e. The first kappa shape index (κ1) is 14.2. The van der Waals surface area contributed by atoms with E-state index in [4.69, 9.17) is 5.73 Å². The maximum absolute atomic E-state index is 11.7. The third-order valence-corrected chi connectivity index (χ3v) is 3.04. The fourth-order valence-electron chi connectivity index (χ4n) is 1.82. The zero-order valence-electron chi connectivity index (χ0n) is 11.9. The Balaban J connectivity index is 2.14. The van der Waals surface area contributed by atoms with E-state index in [1.54, 1.807) is 23.9 Å². The lowest BCUT2D eigenvalue weighted by atomic mass is 10.1. The molecule has 0 aliphatic heterocycles. The molecule has 6 nitrogen and oxygen atoms in total. The summed E-state index contributed by atoms with van der Waals surface area (Å²) in [6.45, 7) is 6.02. The van der Waals surface area contributed by atoms with Gasteiger partial charge in [0.25, 0.3) is 0 Å². The summed E-state index contributed by atoms with van der Waals surface area (Å²) in [5.41, 5.74) is 8.07. The van der Waals surface area contributed by atoms with Crippen LogP contribution in [0.25, 0.3) is 5.82 Å². The van der Waals surface area contributed by atoms with Gasteiger partial charge in [-0.2, -0.15) is 5.10 Å². The van der Waals surface area contributed by atoms with Crippen LogP contribution in [0.1, 0.15) is 18.3 Å². The summed E-state index contributed by atoms with van der Waals surface area (Å²) in [5, 5.41) is 7.14. The molecule has 106 valence electrons. The summed E-state index contributed by atoms with van der Waals surface area (Å²) < 4.78 is 1.77. The van der Waals surface area contributed by atoms with Gasteiger partial charge in [0.05, 0.1) is 17.6 Å². The predicted octanol–water partition coefficient (Wildman–Crippen LogP) is 1.42. The molecule has 2 rings (SSSR count). The standard InChI is InChI=1S/C14H19N5O/c1-9(7-15)14(20)17-12-4-5-13(16-8-12)19-11(3)6-10(2)18-19/h4-6,8-9H,7,15H2,1-3H3,(H,17,20). The Kier molecular flexibility index (Phi) is 4.14. The van der Waals surface area contributed by atoms with Crippen LogP contribution in [-0.2, 0) is 4.79 Å². The average molecular weight is 273 g/mol. The molecular formula is C14H19N5O. The largest absolute Gasteiger partial charge is 0.330 e. The molecule has 0 aliphatic rings. The van der Waals surface area contributed by atoms with Gasteiger partial charge in [0, 0.05) is 18.2 Å². The number of hydrogen-bond donors (Lipinski definition) is 2. The molecule has 1 amide bonds. The number of aryl methyl sites for hydroxylation is 2. The van der Waals surface area contributed by atoms with Gasteiger partial charge in [0.1, 0.15) is 0 Å². The highest BCUT2D eigenvalue weighted by Gasteiger charge is 2.11. The quantitative estimate of drug-likeness (QED) is 0.882. The second-order valence-corrected chi connectivity index (χ2v) is 4.87.